The minimum atomic E-state index is 0. The third-order valence-corrected chi connectivity index (χ3v) is 2.08. The summed E-state index contributed by atoms with van der Waals surface area (Å²) in [5, 5.41) is 12.8. The van der Waals surface area contributed by atoms with Gasteiger partial charge in [0, 0.05) is 6.54 Å². The van der Waals surface area contributed by atoms with Crippen LogP contribution in [0.2, 0.25) is 0 Å². The molecule has 1 rings (SSSR count). The summed E-state index contributed by atoms with van der Waals surface area (Å²) in [4.78, 5) is 0. The van der Waals surface area contributed by atoms with Gasteiger partial charge in [0.05, 0.1) is 6.61 Å². The molecule has 0 atom stereocenters. The summed E-state index contributed by atoms with van der Waals surface area (Å²) in [6.45, 7) is 6.43. The van der Waals surface area contributed by atoms with Crippen molar-refractivity contribution in [3.63, 3.8) is 0 Å². The van der Waals surface area contributed by atoms with Gasteiger partial charge in [-0.25, -0.2) is 0 Å². The van der Waals surface area contributed by atoms with Crippen LogP contribution in [0.4, 0.5) is 0 Å². The fourth-order valence-corrected chi connectivity index (χ4v) is 1.35. The predicted octanol–water partition coefficient (Wildman–Crippen LogP) is 2.71. The van der Waals surface area contributed by atoms with Crippen molar-refractivity contribution < 1.29 is 9.84 Å². The molecule has 16 heavy (non-hydrogen) atoms. The van der Waals surface area contributed by atoms with Gasteiger partial charge in [0.25, 0.3) is 0 Å². The number of aromatic hydroxyl groups is 1. The van der Waals surface area contributed by atoms with E-state index in [1.807, 2.05) is 19.1 Å². The van der Waals surface area contributed by atoms with E-state index in [0.29, 0.717) is 12.4 Å². The topological polar surface area (TPSA) is 41.5 Å². The molecule has 0 saturated heterocycles. The molecular formula is C12H20ClNO2. The van der Waals surface area contributed by atoms with Crippen LogP contribution in [0.1, 0.15) is 25.8 Å². The van der Waals surface area contributed by atoms with E-state index in [0.717, 1.165) is 25.1 Å². The summed E-state index contributed by atoms with van der Waals surface area (Å²) in [7, 11) is 0. The molecule has 0 spiro atoms. The first-order valence-corrected chi connectivity index (χ1v) is 5.43. The Morgan fingerprint density at radius 1 is 1.31 bits per heavy atom. The van der Waals surface area contributed by atoms with E-state index in [1.54, 1.807) is 6.07 Å². The molecule has 0 bridgehead atoms. The SMILES string of the molecule is CCCNCc1ccc(O)c(OCC)c1.Cl. The number of nitrogens with one attached hydrogen (secondary N) is 1. The van der Waals surface area contributed by atoms with Crippen LogP contribution in [0.15, 0.2) is 18.2 Å². The van der Waals surface area contributed by atoms with Crippen molar-refractivity contribution >= 4 is 12.4 Å². The third kappa shape index (κ3) is 4.73. The number of ether oxygens (including phenoxy) is 1. The Labute approximate surface area is 103 Å². The average molecular weight is 246 g/mol. The molecule has 3 nitrogen and oxygen atoms in total. The zero-order chi connectivity index (χ0) is 11.1. The second-order valence-electron chi connectivity index (χ2n) is 3.41. The Morgan fingerprint density at radius 2 is 2.06 bits per heavy atom. The first-order chi connectivity index (χ1) is 7.27. The van der Waals surface area contributed by atoms with Gasteiger partial charge in [-0.2, -0.15) is 0 Å². The van der Waals surface area contributed by atoms with Crippen LogP contribution in [0.3, 0.4) is 0 Å². The lowest BCUT2D eigenvalue weighted by Crippen LogP contribution is -2.13. The highest BCUT2D eigenvalue weighted by Crippen LogP contribution is 2.26. The monoisotopic (exact) mass is 245 g/mol. The van der Waals surface area contributed by atoms with Crippen molar-refractivity contribution in [2.45, 2.75) is 26.8 Å². The fraction of sp³-hybridized carbons (Fsp3) is 0.500. The highest BCUT2D eigenvalue weighted by Gasteiger charge is 2.02. The molecule has 0 aliphatic rings. The first kappa shape index (κ1) is 15.1. The minimum absolute atomic E-state index is 0. The molecule has 0 fully saturated rings. The van der Waals surface area contributed by atoms with E-state index in [9.17, 15) is 5.11 Å². The minimum Gasteiger partial charge on any atom is -0.504 e. The normalized spacial score (nSPS) is 9.62. The van der Waals surface area contributed by atoms with Gasteiger partial charge in [0.15, 0.2) is 11.5 Å². The molecule has 1 aromatic rings. The molecule has 1 aromatic carbocycles. The first-order valence-electron chi connectivity index (χ1n) is 5.43. The number of rotatable bonds is 6. The molecule has 0 radical (unpaired) electrons. The Bertz CT molecular complexity index is 305. The number of halogens is 1. The maximum Gasteiger partial charge on any atom is 0.161 e. The van der Waals surface area contributed by atoms with Gasteiger partial charge in [0.2, 0.25) is 0 Å². The number of benzene rings is 1. The molecule has 0 unspecified atom stereocenters. The molecule has 2 N–H and O–H groups in total. The van der Waals surface area contributed by atoms with E-state index >= 15 is 0 Å². The molecule has 0 amide bonds. The summed E-state index contributed by atoms with van der Waals surface area (Å²) in [5.41, 5.74) is 1.13. The largest absolute Gasteiger partial charge is 0.504 e. The fourth-order valence-electron chi connectivity index (χ4n) is 1.35. The van der Waals surface area contributed by atoms with Gasteiger partial charge >= 0.3 is 0 Å². The van der Waals surface area contributed by atoms with E-state index in [-0.39, 0.29) is 18.2 Å². The highest BCUT2D eigenvalue weighted by molar-refractivity contribution is 5.85. The maximum atomic E-state index is 9.49. The highest BCUT2D eigenvalue weighted by atomic mass is 35.5. The quantitative estimate of drug-likeness (QED) is 0.758. The molecule has 4 heteroatoms. The van der Waals surface area contributed by atoms with Gasteiger partial charge in [-0.05, 0) is 37.6 Å². The molecule has 0 aliphatic heterocycles. The van der Waals surface area contributed by atoms with Crippen molar-refractivity contribution in [3.8, 4) is 11.5 Å². The smallest absolute Gasteiger partial charge is 0.161 e. The van der Waals surface area contributed by atoms with Gasteiger partial charge in [-0.1, -0.05) is 13.0 Å². The van der Waals surface area contributed by atoms with Crippen LogP contribution in [0.5, 0.6) is 11.5 Å². The van der Waals surface area contributed by atoms with Crippen LogP contribution in [0, 0.1) is 0 Å². The standard InChI is InChI=1S/C12H19NO2.ClH/c1-3-7-13-9-10-5-6-11(14)12(8-10)15-4-2;/h5-6,8,13-14H,3-4,7,9H2,1-2H3;1H. The zero-order valence-corrected chi connectivity index (χ0v) is 10.6. The Balaban J connectivity index is 0.00000225. The van der Waals surface area contributed by atoms with Crippen molar-refractivity contribution in [2.24, 2.45) is 0 Å². The second kappa shape index (κ2) is 8.25. The summed E-state index contributed by atoms with van der Waals surface area (Å²) in [6.07, 6.45) is 1.12. The van der Waals surface area contributed by atoms with Crippen LogP contribution in [0.25, 0.3) is 0 Å². The average Bonchev–Trinajstić information content (AvgIpc) is 2.23. The molecule has 0 saturated carbocycles. The summed E-state index contributed by atoms with van der Waals surface area (Å²) in [5.74, 6) is 0.768. The van der Waals surface area contributed by atoms with E-state index < -0.39 is 0 Å². The van der Waals surface area contributed by atoms with Crippen molar-refractivity contribution in [1.82, 2.24) is 5.32 Å². The number of hydrogen-bond donors (Lipinski definition) is 2. The summed E-state index contributed by atoms with van der Waals surface area (Å²) in [6, 6.07) is 5.45. The maximum absolute atomic E-state index is 9.49. The second-order valence-corrected chi connectivity index (χ2v) is 3.41. The van der Waals surface area contributed by atoms with Crippen LogP contribution >= 0.6 is 12.4 Å². The predicted molar refractivity (Wildman–Crippen MR) is 68.5 cm³/mol. The van der Waals surface area contributed by atoms with Crippen LogP contribution in [-0.2, 0) is 6.54 Å². The lowest BCUT2D eigenvalue weighted by atomic mass is 10.2. The van der Waals surface area contributed by atoms with Gasteiger partial charge in [0.1, 0.15) is 0 Å². The molecule has 0 aromatic heterocycles. The molecular weight excluding hydrogens is 226 g/mol. The summed E-state index contributed by atoms with van der Waals surface area (Å²) < 4.78 is 5.31. The molecule has 92 valence electrons. The zero-order valence-electron chi connectivity index (χ0n) is 9.82. The van der Waals surface area contributed by atoms with E-state index in [1.165, 1.54) is 0 Å². The number of phenols is 1. The van der Waals surface area contributed by atoms with Crippen molar-refractivity contribution in [1.29, 1.82) is 0 Å². The third-order valence-electron chi connectivity index (χ3n) is 2.08. The van der Waals surface area contributed by atoms with E-state index in [4.69, 9.17) is 4.74 Å². The summed E-state index contributed by atoms with van der Waals surface area (Å²) >= 11 is 0. The van der Waals surface area contributed by atoms with Crippen LogP contribution in [-0.4, -0.2) is 18.3 Å². The van der Waals surface area contributed by atoms with Gasteiger partial charge in [-0.15, -0.1) is 12.4 Å². The Morgan fingerprint density at radius 3 is 2.69 bits per heavy atom. The van der Waals surface area contributed by atoms with Crippen LogP contribution < -0.4 is 10.1 Å². The molecule has 0 aliphatic carbocycles. The lowest BCUT2D eigenvalue weighted by molar-refractivity contribution is 0.317. The lowest BCUT2D eigenvalue weighted by Gasteiger charge is -2.08. The molecule has 0 heterocycles. The Kier molecular flexibility index (Phi) is 7.77. The van der Waals surface area contributed by atoms with E-state index in [2.05, 4.69) is 12.2 Å². The Hall–Kier alpha value is -0.930. The van der Waals surface area contributed by atoms with Crippen molar-refractivity contribution in [2.75, 3.05) is 13.2 Å². The number of phenolic OH excluding ortho intramolecular Hbond substituents is 1. The van der Waals surface area contributed by atoms with Crippen molar-refractivity contribution in [3.05, 3.63) is 23.8 Å². The van der Waals surface area contributed by atoms with Gasteiger partial charge < -0.3 is 15.2 Å². The number of hydrogen-bond acceptors (Lipinski definition) is 3. The van der Waals surface area contributed by atoms with Gasteiger partial charge in [-0.3, -0.25) is 0 Å².